The summed E-state index contributed by atoms with van der Waals surface area (Å²) in [6.07, 6.45) is 2.05. The molecule has 0 bridgehead atoms. The summed E-state index contributed by atoms with van der Waals surface area (Å²) in [6, 6.07) is -0.0761. The molecule has 3 amide bonds. The fourth-order valence-electron chi connectivity index (χ4n) is 3.56. The van der Waals surface area contributed by atoms with Crippen molar-refractivity contribution < 1.29 is 9.59 Å². The lowest BCUT2D eigenvalue weighted by molar-refractivity contribution is -0.122. The predicted octanol–water partition coefficient (Wildman–Crippen LogP) is -0.0956. The molecule has 2 aliphatic heterocycles. The van der Waals surface area contributed by atoms with E-state index in [0.29, 0.717) is 18.4 Å². The predicted molar refractivity (Wildman–Crippen MR) is 75.2 cm³/mol. The first-order valence-corrected chi connectivity index (χ1v) is 7.53. The molecule has 20 heavy (non-hydrogen) atoms. The summed E-state index contributed by atoms with van der Waals surface area (Å²) in [4.78, 5) is 25.8. The van der Waals surface area contributed by atoms with Crippen molar-refractivity contribution >= 4 is 11.9 Å². The lowest BCUT2D eigenvalue weighted by Crippen LogP contribution is -2.50. The highest BCUT2D eigenvalue weighted by Gasteiger charge is 2.49. The van der Waals surface area contributed by atoms with Gasteiger partial charge in [-0.25, -0.2) is 4.79 Å². The van der Waals surface area contributed by atoms with Gasteiger partial charge in [0.1, 0.15) is 0 Å². The van der Waals surface area contributed by atoms with E-state index in [4.69, 9.17) is 0 Å². The average Bonchev–Trinajstić information content (AvgIpc) is 2.96. The number of nitrogens with zero attached hydrogens (tertiary/aromatic N) is 1. The lowest BCUT2D eigenvalue weighted by atomic mass is 9.85. The first-order valence-electron chi connectivity index (χ1n) is 7.53. The van der Waals surface area contributed by atoms with E-state index < -0.39 is 0 Å². The molecule has 112 valence electrons. The number of likely N-dealkylation sites (tertiary alicyclic amines) is 1. The number of rotatable bonds is 3. The van der Waals surface area contributed by atoms with Crippen molar-refractivity contribution in [1.29, 1.82) is 0 Å². The fraction of sp³-hybridized carbons (Fsp3) is 0.857. The van der Waals surface area contributed by atoms with Crippen molar-refractivity contribution in [1.82, 2.24) is 20.9 Å². The minimum Gasteiger partial charge on any atom is -0.335 e. The van der Waals surface area contributed by atoms with Crippen molar-refractivity contribution in [3.63, 3.8) is 0 Å². The van der Waals surface area contributed by atoms with Gasteiger partial charge in [0.25, 0.3) is 0 Å². The molecule has 0 radical (unpaired) electrons. The average molecular weight is 280 g/mol. The Balaban J connectivity index is 1.52. The molecule has 2 atom stereocenters. The third-order valence-corrected chi connectivity index (χ3v) is 5.02. The SMILES string of the molecule is CC1(C)C2CNCC2CN1CC(=O)NC(=O)NC1CC1. The Morgan fingerprint density at radius 1 is 1.30 bits per heavy atom. The van der Waals surface area contributed by atoms with Crippen LogP contribution in [0.5, 0.6) is 0 Å². The number of hydrogen-bond donors (Lipinski definition) is 3. The monoisotopic (exact) mass is 280 g/mol. The second-order valence-corrected chi connectivity index (χ2v) is 6.85. The molecule has 0 aromatic rings. The van der Waals surface area contributed by atoms with Gasteiger partial charge in [-0.2, -0.15) is 0 Å². The number of imide groups is 1. The highest BCUT2D eigenvalue weighted by Crippen LogP contribution is 2.40. The van der Waals surface area contributed by atoms with Gasteiger partial charge in [-0.3, -0.25) is 15.0 Å². The van der Waals surface area contributed by atoms with Crippen molar-refractivity contribution in [3.8, 4) is 0 Å². The third kappa shape index (κ3) is 2.67. The van der Waals surface area contributed by atoms with Crippen molar-refractivity contribution in [3.05, 3.63) is 0 Å². The molecule has 0 spiro atoms. The van der Waals surface area contributed by atoms with Crippen LogP contribution in [0.3, 0.4) is 0 Å². The number of fused-ring (bicyclic) bond motifs is 1. The minimum absolute atomic E-state index is 0.0124. The van der Waals surface area contributed by atoms with Gasteiger partial charge in [0.15, 0.2) is 0 Å². The smallest absolute Gasteiger partial charge is 0.321 e. The van der Waals surface area contributed by atoms with Crippen molar-refractivity contribution in [2.45, 2.75) is 38.3 Å². The molecule has 3 rings (SSSR count). The topological polar surface area (TPSA) is 73.5 Å². The number of carbonyl (C=O) groups excluding carboxylic acids is 2. The van der Waals surface area contributed by atoms with Gasteiger partial charge < -0.3 is 10.6 Å². The van der Waals surface area contributed by atoms with Crippen LogP contribution in [0.4, 0.5) is 4.79 Å². The molecular weight excluding hydrogens is 256 g/mol. The summed E-state index contributed by atoms with van der Waals surface area (Å²) in [5, 5.41) is 8.63. The van der Waals surface area contributed by atoms with E-state index in [1.165, 1.54) is 0 Å². The number of urea groups is 1. The molecule has 2 heterocycles. The number of carbonyl (C=O) groups is 2. The fourth-order valence-corrected chi connectivity index (χ4v) is 3.56. The standard InChI is InChI=1S/C14H24N4O2/c1-14(2)11-6-15-5-9(11)7-18(14)8-12(19)17-13(20)16-10-3-4-10/h9-11,15H,3-8H2,1-2H3,(H2,16,17,19,20). The highest BCUT2D eigenvalue weighted by atomic mass is 16.2. The van der Waals surface area contributed by atoms with Crippen LogP contribution in [0, 0.1) is 11.8 Å². The van der Waals surface area contributed by atoms with Crippen molar-refractivity contribution in [2.75, 3.05) is 26.2 Å². The zero-order valence-corrected chi connectivity index (χ0v) is 12.2. The molecule has 3 aliphatic rings. The van der Waals surface area contributed by atoms with Crippen LogP contribution in [0.15, 0.2) is 0 Å². The Bertz CT molecular complexity index is 419. The van der Waals surface area contributed by atoms with Gasteiger partial charge in [0.05, 0.1) is 6.54 Å². The molecule has 3 N–H and O–H groups in total. The normalized spacial score (nSPS) is 31.9. The van der Waals surface area contributed by atoms with E-state index in [9.17, 15) is 9.59 Å². The molecule has 3 fully saturated rings. The number of nitrogens with one attached hydrogen (secondary N) is 3. The minimum atomic E-state index is -0.351. The van der Waals surface area contributed by atoms with Gasteiger partial charge in [-0.15, -0.1) is 0 Å². The molecule has 2 unspecified atom stereocenters. The zero-order valence-electron chi connectivity index (χ0n) is 12.2. The highest BCUT2D eigenvalue weighted by molar-refractivity contribution is 5.95. The van der Waals surface area contributed by atoms with E-state index in [1.807, 2.05) is 0 Å². The van der Waals surface area contributed by atoms with E-state index in [0.717, 1.165) is 32.5 Å². The van der Waals surface area contributed by atoms with Crippen LogP contribution < -0.4 is 16.0 Å². The Kier molecular flexibility index (Phi) is 3.46. The van der Waals surface area contributed by atoms with Gasteiger partial charge in [-0.1, -0.05) is 0 Å². The summed E-state index contributed by atoms with van der Waals surface area (Å²) < 4.78 is 0. The second-order valence-electron chi connectivity index (χ2n) is 6.85. The van der Waals surface area contributed by atoms with Crippen LogP contribution in [-0.2, 0) is 4.79 Å². The quantitative estimate of drug-likeness (QED) is 0.675. The largest absolute Gasteiger partial charge is 0.335 e. The van der Waals surface area contributed by atoms with E-state index in [1.54, 1.807) is 0 Å². The van der Waals surface area contributed by atoms with Crippen LogP contribution >= 0.6 is 0 Å². The number of hydrogen-bond acceptors (Lipinski definition) is 4. The summed E-state index contributed by atoms with van der Waals surface area (Å²) in [7, 11) is 0. The first-order chi connectivity index (χ1) is 9.46. The maximum atomic E-state index is 12.0. The molecule has 1 saturated carbocycles. The van der Waals surface area contributed by atoms with Crippen LogP contribution in [0.1, 0.15) is 26.7 Å². The molecule has 6 heteroatoms. The zero-order chi connectivity index (χ0) is 14.3. The summed E-state index contributed by atoms with van der Waals surface area (Å²) >= 11 is 0. The maximum absolute atomic E-state index is 12.0. The Morgan fingerprint density at radius 3 is 2.70 bits per heavy atom. The third-order valence-electron chi connectivity index (χ3n) is 5.02. The summed E-state index contributed by atoms with van der Waals surface area (Å²) in [5.74, 6) is 1.01. The second kappa shape index (κ2) is 5.00. The lowest BCUT2D eigenvalue weighted by Gasteiger charge is -2.35. The summed E-state index contributed by atoms with van der Waals surface area (Å²) in [6.45, 7) is 7.69. The molecular formula is C14H24N4O2. The first kappa shape index (κ1) is 13.8. The summed E-state index contributed by atoms with van der Waals surface area (Å²) in [5.41, 5.74) is 0.0124. The maximum Gasteiger partial charge on any atom is 0.321 e. The van der Waals surface area contributed by atoms with E-state index in [-0.39, 0.29) is 23.5 Å². The van der Waals surface area contributed by atoms with Gasteiger partial charge >= 0.3 is 6.03 Å². The Labute approximate surface area is 119 Å². The van der Waals surface area contributed by atoms with Crippen LogP contribution in [0.25, 0.3) is 0 Å². The molecule has 6 nitrogen and oxygen atoms in total. The van der Waals surface area contributed by atoms with E-state index in [2.05, 4.69) is 34.7 Å². The molecule has 1 aliphatic carbocycles. The van der Waals surface area contributed by atoms with E-state index >= 15 is 0 Å². The van der Waals surface area contributed by atoms with Crippen molar-refractivity contribution in [2.24, 2.45) is 11.8 Å². The van der Waals surface area contributed by atoms with Gasteiger partial charge in [0.2, 0.25) is 5.91 Å². The molecule has 0 aromatic carbocycles. The van der Waals surface area contributed by atoms with Crippen LogP contribution in [-0.4, -0.2) is 54.6 Å². The number of amides is 3. The molecule has 0 aromatic heterocycles. The van der Waals surface area contributed by atoms with Crippen LogP contribution in [0.2, 0.25) is 0 Å². The molecule has 2 saturated heterocycles. The Morgan fingerprint density at radius 2 is 2.05 bits per heavy atom. The van der Waals surface area contributed by atoms with Gasteiger partial charge in [-0.05, 0) is 45.1 Å². The Hall–Kier alpha value is -1.14. The van der Waals surface area contributed by atoms with Gasteiger partial charge in [0, 0.05) is 24.7 Å².